The zero-order valence-corrected chi connectivity index (χ0v) is 17.9. The van der Waals surface area contributed by atoms with Crippen molar-refractivity contribution in [2.24, 2.45) is 4.99 Å². The van der Waals surface area contributed by atoms with Crippen LogP contribution in [0.1, 0.15) is 12.0 Å². The lowest BCUT2D eigenvalue weighted by Crippen LogP contribution is -2.53. The number of aromatic nitrogens is 2. The van der Waals surface area contributed by atoms with Crippen LogP contribution in [-0.4, -0.2) is 65.7 Å². The summed E-state index contributed by atoms with van der Waals surface area (Å²) in [6, 6.07) is 9.24. The first-order valence-electron chi connectivity index (χ1n) is 9.02. The number of aliphatic imine (C=N–C) groups is 1. The molecule has 0 amide bonds. The highest BCUT2D eigenvalue weighted by Gasteiger charge is 2.20. The third kappa shape index (κ3) is 6.23. The number of halogens is 1. The molecule has 0 unspecified atom stereocenters. The van der Waals surface area contributed by atoms with Crippen LogP contribution in [0.3, 0.4) is 0 Å². The Morgan fingerprint density at radius 2 is 1.78 bits per heavy atom. The number of anilines is 1. The van der Waals surface area contributed by atoms with Crippen molar-refractivity contribution in [3.8, 4) is 5.75 Å². The molecule has 1 aliphatic rings. The SMILES string of the molecule is CN=C(NCCCc1ccc(O)cc1)N1CCN(c2ncccn2)CC1.I. The Bertz CT molecular complexity index is 702. The molecule has 27 heavy (non-hydrogen) atoms. The normalized spacial score (nSPS) is 14.6. The van der Waals surface area contributed by atoms with Gasteiger partial charge in [0.15, 0.2) is 5.96 Å². The lowest BCUT2D eigenvalue weighted by molar-refractivity contribution is 0.370. The highest BCUT2D eigenvalue weighted by molar-refractivity contribution is 14.0. The highest BCUT2D eigenvalue weighted by atomic mass is 127. The second-order valence-corrected chi connectivity index (χ2v) is 6.27. The number of piperazine rings is 1. The van der Waals surface area contributed by atoms with Crippen molar-refractivity contribution in [3.63, 3.8) is 0 Å². The first-order valence-corrected chi connectivity index (χ1v) is 9.02. The zero-order chi connectivity index (χ0) is 18.2. The summed E-state index contributed by atoms with van der Waals surface area (Å²) in [6.07, 6.45) is 5.55. The Hall–Kier alpha value is -2.10. The molecule has 3 rings (SSSR count). The molecule has 7 nitrogen and oxygen atoms in total. The van der Waals surface area contributed by atoms with Crippen LogP contribution in [0.5, 0.6) is 5.75 Å². The monoisotopic (exact) mass is 482 g/mol. The summed E-state index contributed by atoms with van der Waals surface area (Å²) in [5, 5.41) is 12.8. The van der Waals surface area contributed by atoms with Crippen LogP contribution in [0.25, 0.3) is 0 Å². The predicted octanol–water partition coefficient (Wildman–Crippen LogP) is 2.13. The number of aryl methyl sites for hydroxylation is 1. The number of phenolic OH excluding ortho intramolecular Hbond substituents is 1. The van der Waals surface area contributed by atoms with Gasteiger partial charge in [0, 0.05) is 52.2 Å². The summed E-state index contributed by atoms with van der Waals surface area (Å²) in [5.41, 5.74) is 1.23. The smallest absolute Gasteiger partial charge is 0.225 e. The number of phenols is 1. The van der Waals surface area contributed by atoms with E-state index in [1.165, 1.54) is 5.56 Å². The molecule has 1 aliphatic heterocycles. The van der Waals surface area contributed by atoms with Crippen molar-refractivity contribution in [1.29, 1.82) is 0 Å². The minimum absolute atomic E-state index is 0. The van der Waals surface area contributed by atoms with Gasteiger partial charge in [0.1, 0.15) is 5.75 Å². The van der Waals surface area contributed by atoms with Crippen LogP contribution in [0.4, 0.5) is 5.95 Å². The Kier molecular flexibility index (Phi) is 8.56. The Morgan fingerprint density at radius 1 is 1.11 bits per heavy atom. The van der Waals surface area contributed by atoms with Gasteiger partial charge in [0.2, 0.25) is 5.95 Å². The molecule has 8 heteroatoms. The molecular formula is C19H27IN6O. The van der Waals surface area contributed by atoms with E-state index in [-0.39, 0.29) is 24.0 Å². The molecule has 0 aliphatic carbocycles. The van der Waals surface area contributed by atoms with Gasteiger partial charge in [0.05, 0.1) is 0 Å². The molecular weight excluding hydrogens is 455 g/mol. The van der Waals surface area contributed by atoms with Gasteiger partial charge in [-0.2, -0.15) is 0 Å². The molecule has 0 radical (unpaired) electrons. The highest BCUT2D eigenvalue weighted by Crippen LogP contribution is 2.11. The first-order chi connectivity index (χ1) is 12.8. The largest absolute Gasteiger partial charge is 0.508 e. The second-order valence-electron chi connectivity index (χ2n) is 6.27. The quantitative estimate of drug-likeness (QED) is 0.295. The molecule has 2 heterocycles. The summed E-state index contributed by atoms with van der Waals surface area (Å²) in [7, 11) is 1.83. The number of nitrogens with zero attached hydrogens (tertiary/aromatic N) is 5. The van der Waals surface area contributed by atoms with Crippen molar-refractivity contribution in [2.45, 2.75) is 12.8 Å². The fourth-order valence-corrected chi connectivity index (χ4v) is 3.06. The Morgan fingerprint density at radius 3 is 2.41 bits per heavy atom. The molecule has 0 bridgehead atoms. The van der Waals surface area contributed by atoms with E-state index in [0.717, 1.165) is 57.5 Å². The summed E-state index contributed by atoms with van der Waals surface area (Å²) in [5.74, 6) is 2.06. The predicted molar refractivity (Wildman–Crippen MR) is 119 cm³/mol. The van der Waals surface area contributed by atoms with E-state index in [4.69, 9.17) is 0 Å². The maximum Gasteiger partial charge on any atom is 0.225 e. The number of hydrogen-bond donors (Lipinski definition) is 2. The Labute approximate surface area is 177 Å². The third-order valence-corrected chi connectivity index (χ3v) is 4.49. The van der Waals surface area contributed by atoms with Gasteiger partial charge in [0.25, 0.3) is 0 Å². The molecule has 146 valence electrons. The van der Waals surface area contributed by atoms with Crippen LogP contribution >= 0.6 is 24.0 Å². The molecule has 1 saturated heterocycles. The maximum absolute atomic E-state index is 9.32. The number of hydrogen-bond acceptors (Lipinski definition) is 5. The zero-order valence-electron chi connectivity index (χ0n) is 15.6. The van der Waals surface area contributed by atoms with Crippen molar-refractivity contribution in [1.82, 2.24) is 20.2 Å². The summed E-state index contributed by atoms with van der Waals surface area (Å²) >= 11 is 0. The number of nitrogens with one attached hydrogen (secondary N) is 1. The van der Waals surface area contributed by atoms with Crippen LogP contribution in [-0.2, 0) is 6.42 Å². The van der Waals surface area contributed by atoms with E-state index < -0.39 is 0 Å². The first kappa shape index (κ1) is 21.2. The molecule has 2 N–H and O–H groups in total. The molecule has 0 spiro atoms. The van der Waals surface area contributed by atoms with E-state index >= 15 is 0 Å². The van der Waals surface area contributed by atoms with Crippen molar-refractivity contribution in [3.05, 3.63) is 48.3 Å². The fourth-order valence-electron chi connectivity index (χ4n) is 3.06. The molecule has 1 aromatic carbocycles. The number of benzene rings is 1. The van der Waals surface area contributed by atoms with Crippen LogP contribution in [0.15, 0.2) is 47.7 Å². The van der Waals surface area contributed by atoms with Gasteiger partial charge in [-0.05, 0) is 36.6 Å². The summed E-state index contributed by atoms with van der Waals surface area (Å²) < 4.78 is 0. The molecule has 1 aromatic heterocycles. The van der Waals surface area contributed by atoms with E-state index in [1.807, 2.05) is 25.2 Å². The van der Waals surface area contributed by atoms with Crippen molar-refractivity contribution >= 4 is 35.9 Å². The van der Waals surface area contributed by atoms with Crippen LogP contribution in [0, 0.1) is 0 Å². The molecule has 2 aromatic rings. The van der Waals surface area contributed by atoms with Crippen molar-refractivity contribution in [2.75, 3.05) is 44.7 Å². The second kappa shape index (κ2) is 10.9. The van der Waals surface area contributed by atoms with Gasteiger partial charge in [-0.3, -0.25) is 4.99 Å². The van der Waals surface area contributed by atoms with E-state index in [9.17, 15) is 5.11 Å². The Balaban J connectivity index is 0.00000261. The topological polar surface area (TPSA) is 76.9 Å². The van der Waals surface area contributed by atoms with Gasteiger partial charge < -0.3 is 20.2 Å². The maximum atomic E-state index is 9.32. The van der Waals surface area contributed by atoms with Crippen LogP contribution in [0.2, 0.25) is 0 Å². The standard InChI is InChI=1S/C19H26N6O.HI/c1-20-18(21-9-2-4-16-5-7-17(26)8-6-16)24-12-14-25(15-13-24)19-22-10-3-11-23-19;/h3,5-8,10-11,26H,2,4,9,12-15H2,1H3,(H,20,21);1H. The van der Waals surface area contributed by atoms with Crippen molar-refractivity contribution < 1.29 is 5.11 Å². The van der Waals surface area contributed by atoms with Crippen LogP contribution < -0.4 is 10.2 Å². The average molecular weight is 482 g/mol. The molecule has 0 saturated carbocycles. The minimum Gasteiger partial charge on any atom is -0.508 e. The molecule has 0 atom stereocenters. The van der Waals surface area contributed by atoms with Gasteiger partial charge in [-0.1, -0.05) is 12.1 Å². The van der Waals surface area contributed by atoms with E-state index in [1.54, 1.807) is 24.5 Å². The summed E-state index contributed by atoms with van der Waals surface area (Å²) in [4.78, 5) is 17.5. The number of aromatic hydroxyl groups is 1. The molecule has 1 fully saturated rings. The lowest BCUT2D eigenvalue weighted by atomic mass is 10.1. The van der Waals surface area contributed by atoms with Gasteiger partial charge >= 0.3 is 0 Å². The number of rotatable bonds is 5. The average Bonchev–Trinajstić information content (AvgIpc) is 2.70. The van der Waals surface area contributed by atoms with Gasteiger partial charge in [-0.25, -0.2) is 9.97 Å². The van der Waals surface area contributed by atoms with E-state index in [2.05, 4.69) is 30.1 Å². The fraction of sp³-hybridized carbons (Fsp3) is 0.421. The lowest BCUT2D eigenvalue weighted by Gasteiger charge is -2.36. The van der Waals surface area contributed by atoms with E-state index in [0.29, 0.717) is 5.75 Å². The minimum atomic E-state index is 0. The third-order valence-electron chi connectivity index (χ3n) is 4.49. The number of guanidine groups is 1. The summed E-state index contributed by atoms with van der Waals surface area (Å²) in [6.45, 7) is 4.44. The van der Waals surface area contributed by atoms with Gasteiger partial charge in [-0.15, -0.1) is 24.0 Å².